The van der Waals surface area contributed by atoms with E-state index in [4.69, 9.17) is 0 Å². The zero-order chi connectivity index (χ0) is 12.8. The molecule has 0 aliphatic rings. The lowest BCUT2D eigenvalue weighted by Gasteiger charge is -2.02. The number of nitrogens with one attached hydrogen (secondary N) is 2. The summed E-state index contributed by atoms with van der Waals surface area (Å²) in [5, 5.41) is 6.88. The van der Waals surface area contributed by atoms with Gasteiger partial charge in [0.15, 0.2) is 0 Å². The Balaban J connectivity index is 1.84. The number of para-hydroxylation sites is 1. The van der Waals surface area contributed by atoms with E-state index in [0.29, 0.717) is 13.0 Å². The van der Waals surface area contributed by atoms with Gasteiger partial charge in [-0.1, -0.05) is 12.1 Å². The van der Waals surface area contributed by atoms with Gasteiger partial charge >= 0.3 is 0 Å². The SMILES string of the molecule is CNCCCC(=O)NCc1nc2ccccc2s1. The number of carbonyl (C=O) groups is 1. The number of nitrogens with zero attached hydrogens (tertiary/aromatic N) is 1. The van der Waals surface area contributed by atoms with E-state index >= 15 is 0 Å². The van der Waals surface area contributed by atoms with E-state index in [0.717, 1.165) is 28.2 Å². The zero-order valence-corrected chi connectivity index (χ0v) is 11.2. The normalized spacial score (nSPS) is 10.7. The van der Waals surface area contributed by atoms with Gasteiger partial charge in [-0.15, -0.1) is 11.3 Å². The number of hydrogen-bond donors (Lipinski definition) is 2. The summed E-state index contributed by atoms with van der Waals surface area (Å²) < 4.78 is 1.16. The molecule has 0 saturated carbocycles. The van der Waals surface area contributed by atoms with Crippen LogP contribution in [0, 0.1) is 0 Å². The second-order valence-electron chi connectivity index (χ2n) is 4.06. The van der Waals surface area contributed by atoms with E-state index in [1.54, 1.807) is 11.3 Å². The summed E-state index contributed by atoms with van der Waals surface area (Å²) in [6.07, 6.45) is 1.42. The zero-order valence-electron chi connectivity index (χ0n) is 10.4. The van der Waals surface area contributed by atoms with Gasteiger partial charge in [0.25, 0.3) is 0 Å². The first kappa shape index (κ1) is 13.0. The Labute approximate surface area is 110 Å². The van der Waals surface area contributed by atoms with Gasteiger partial charge in [0.2, 0.25) is 5.91 Å². The van der Waals surface area contributed by atoms with Crippen molar-refractivity contribution in [2.45, 2.75) is 19.4 Å². The first-order chi connectivity index (χ1) is 8.79. The Morgan fingerprint density at radius 2 is 2.22 bits per heavy atom. The lowest BCUT2D eigenvalue weighted by molar-refractivity contribution is -0.121. The van der Waals surface area contributed by atoms with Crippen molar-refractivity contribution in [1.29, 1.82) is 0 Å². The van der Waals surface area contributed by atoms with Gasteiger partial charge in [0.1, 0.15) is 5.01 Å². The summed E-state index contributed by atoms with van der Waals surface area (Å²) >= 11 is 1.63. The third-order valence-corrected chi connectivity index (χ3v) is 3.64. The quantitative estimate of drug-likeness (QED) is 0.783. The van der Waals surface area contributed by atoms with Crippen LogP contribution in [0.1, 0.15) is 17.8 Å². The fourth-order valence-corrected chi connectivity index (χ4v) is 2.59. The van der Waals surface area contributed by atoms with Crippen molar-refractivity contribution in [1.82, 2.24) is 15.6 Å². The fraction of sp³-hybridized carbons (Fsp3) is 0.385. The van der Waals surface area contributed by atoms with E-state index in [1.165, 1.54) is 0 Å². The third kappa shape index (κ3) is 3.51. The molecule has 2 aromatic rings. The predicted molar refractivity (Wildman–Crippen MR) is 74.6 cm³/mol. The number of fused-ring (bicyclic) bond motifs is 1. The molecule has 2 rings (SSSR count). The Kier molecular flexibility index (Phi) is 4.66. The number of rotatable bonds is 6. The van der Waals surface area contributed by atoms with Crippen LogP contribution >= 0.6 is 11.3 Å². The summed E-state index contributed by atoms with van der Waals surface area (Å²) in [5.74, 6) is 0.0875. The molecular weight excluding hydrogens is 246 g/mol. The average molecular weight is 263 g/mol. The highest BCUT2D eigenvalue weighted by Gasteiger charge is 2.05. The lowest BCUT2D eigenvalue weighted by atomic mass is 10.3. The van der Waals surface area contributed by atoms with E-state index in [-0.39, 0.29) is 5.91 Å². The number of thiazole rings is 1. The molecule has 0 unspecified atom stereocenters. The van der Waals surface area contributed by atoms with Crippen molar-refractivity contribution in [3.8, 4) is 0 Å². The highest BCUT2D eigenvalue weighted by molar-refractivity contribution is 7.18. The van der Waals surface area contributed by atoms with Crippen LogP contribution in [0.4, 0.5) is 0 Å². The van der Waals surface area contributed by atoms with Gasteiger partial charge in [0, 0.05) is 6.42 Å². The Hall–Kier alpha value is -1.46. The van der Waals surface area contributed by atoms with Gasteiger partial charge in [-0.3, -0.25) is 4.79 Å². The van der Waals surface area contributed by atoms with Crippen LogP contribution in [0.25, 0.3) is 10.2 Å². The van der Waals surface area contributed by atoms with Crippen LogP contribution < -0.4 is 10.6 Å². The van der Waals surface area contributed by atoms with E-state index in [9.17, 15) is 4.79 Å². The van der Waals surface area contributed by atoms with Crippen LogP contribution in [0.15, 0.2) is 24.3 Å². The Morgan fingerprint density at radius 3 is 3.00 bits per heavy atom. The van der Waals surface area contributed by atoms with Gasteiger partial charge in [0.05, 0.1) is 16.8 Å². The maximum atomic E-state index is 11.5. The van der Waals surface area contributed by atoms with E-state index in [1.807, 2.05) is 31.3 Å². The second kappa shape index (κ2) is 6.47. The minimum Gasteiger partial charge on any atom is -0.350 e. The lowest BCUT2D eigenvalue weighted by Crippen LogP contribution is -2.23. The maximum absolute atomic E-state index is 11.5. The smallest absolute Gasteiger partial charge is 0.220 e. The number of benzene rings is 1. The molecule has 0 bridgehead atoms. The van der Waals surface area contributed by atoms with Gasteiger partial charge < -0.3 is 10.6 Å². The number of hydrogen-bond acceptors (Lipinski definition) is 4. The Bertz CT molecular complexity index is 491. The van der Waals surface area contributed by atoms with Crippen molar-refractivity contribution in [3.05, 3.63) is 29.3 Å². The van der Waals surface area contributed by atoms with Crippen molar-refractivity contribution >= 4 is 27.5 Å². The molecule has 18 heavy (non-hydrogen) atoms. The molecule has 5 heteroatoms. The fourth-order valence-electron chi connectivity index (χ4n) is 1.68. The van der Waals surface area contributed by atoms with E-state index < -0.39 is 0 Å². The molecule has 0 fully saturated rings. The predicted octanol–water partition coefficient (Wildman–Crippen LogP) is 1.91. The molecule has 1 aromatic heterocycles. The molecule has 2 N–H and O–H groups in total. The maximum Gasteiger partial charge on any atom is 0.220 e. The molecule has 1 amide bonds. The number of amides is 1. The molecule has 96 valence electrons. The summed E-state index contributed by atoms with van der Waals surface area (Å²) in [7, 11) is 1.89. The van der Waals surface area contributed by atoms with Gasteiger partial charge in [-0.25, -0.2) is 4.98 Å². The summed E-state index contributed by atoms with van der Waals surface area (Å²) in [6, 6.07) is 8.01. The molecule has 1 aromatic carbocycles. The second-order valence-corrected chi connectivity index (χ2v) is 5.17. The number of carbonyl (C=O) groups excluding carboxylic acids is 1. The molecule has 0 spiro atoms. The van der Waals surface area contributed by atoms with E-state index in [2.05, 4.69) is 15.6 Å². The minimum atomic E-state index is 0.0875. The highest BCUT2D eigenvalue weighted by atomic mass is 32.1. The summed E-state index contributed by atoms with van der Waals surface area (Å²) in [5.41, 5.74) is 1.00. The van der Waals surface area contributed by atoms with Crippen LogP contribution in [-0.4, -0.2) is 24.5 Å². The molecular formula is C13H17N3OS. The first-order valence-electron chi connectivity index (χ1n) is 6.05. The number of aromatic nitrogens is 1. The molecule has 0 saturated heterocycles. The van der Waals surface area contributed by atoms with Crippen molar-refractivity contribution in [3.63, 3.8) is 0 Å². The summed E-state index contributed by atoms with van der Waals surface area (Å²) in [6.45, 7) is 1.40. The monoisotopic (exact) mass is 263 g/mol. The largest absolute Gasteiger partial charge is 0.350 e. The van der Waals surface area contributed by atoms with Crippen LogP contribution in [-0.2, 0) is 11.3 Å². The topological polar surface area (TPSA) is 54.0 Å². The van der Waals surface area contributed by atoms with Crippen molar-refractivity contribution in [2.24, 2.45) is 0 Å². The highest BCUT2D eigenvalue weighted by Crippen LogP contribution is 2.21. The van der Waals surface area contributed by atoms with Crippen LogP contribution in [0.3, 0.4) is 0 Å². The van der Waals surface area contributed by atoms with Crippen LogP contribution in [0.5, 0.6) is 0 Å². The molecule has 0 radical (unpaired) electrons. The average Bonchev–Trinajstić information content (AvgIpc) is 2.79. The van der Waals surface area contributed by atoms with Gasteiger partial charge in [-0.05, 0) is 32.1 Å². The minimum absolute atomic E-state index is 0.0875. The third-order valence-electron chi connectivity index (χ3n) is 2.61. The standard InChI is InChI=1S/C13H17N3OS/c1-14-8-4-7-12(17)15-9-13-16-10-5-2-3-6-11(10)18-13/h2-3,5-6,14H,4,7-9H2,1H3,(H,15,17). The molecule has 0 atom stereocenters. The first-order valence-corrected chi connectivity index (χ1v) is 6.87. The molecule has 1 heterocycles. The van der Waals surface area contributed by atoms with Crippen molar-refractivity contribution < 1.29 is 4.79 Å². The summed E-state index contributed by atoms with van der Waals surface area (Å²) in [4.78, 5) is 16.0. The molecule has 4 nitrogen and oxygen atoms in total. The Morgan fingerprint density at radius 1 is 1.39 bits per heavy atom. The van der Waals surface area contributed by atoms with Crippen LogP contribution in [0.2, 0.25) is 0 Å². The van der Waals surface area contributed by atoms with Gasteiger partial charge in [-0.2, -0.15) is 0 Å². The molecule has 0 aliphatic heterocycles. The molecule has 0 aliphatic carbocycles. The van der Waals surface area contributed by atoms with Crippen molar-refractivity contribution in [2.75, 3.05) is 13.6 Å².